The van der Waals surface area contributed by atoms with Crippen LogP contribution in [0.2, 0.25) is 0 Å². The minimum absolute atomic E-state index is 0.229. The first-order valence-corrected chi connectivity index (χ1v) is 6.77. The zero-order valence-corrected chi connectivity index (χ0v) is 12.3. The number of aromatic nitrogens is 1. The molecule has 4 nitrogen and oxygen atoms in total. The Morgan fingerprint density at radius 2 is 2.14 bits per heavy atom. The highest BCUT2D eigenvalue weighted by Crippen LogP contribution is 2.21. The summed E-state index contributed by atoms with van der Waals surface area (Å²) in [4.78, 5) is 6.34. The van der Waals surface area contributed by atoms with E-state index in [4.69, 9.17) is 10.5 Å². The molecule has 0 bridgehead atoms. The second-order valence-corrected chi connectivity index (χ2v) is 5.02. The van der Waals surface area contributed by atoms with Crippen molar-refractivity contribution in [2.45, 2.75) is 12.6 Å². The van der Waals surface area contributed by atoms with E-state index in [2.05, 4.69) is 9.88 Å². The molecule has 0 saturated heterocycles. The average molecular weight is 289 g/mol. The molecule has 0 aliphatic carbocycles. The fourth-order valence-electron chi connectivity index (χ4n) is 2.19. The van der Waals surface area contributed by atoms with E-state index in [0.717, 1.165) is 11.3 Å². The molecule has 1 atom stereocenters. The van der Waals surface area contributed by atoms with Gasteiger partial charge in [-0.1, -0.05) is 12.1 Å². The zero-order chi connectivity index (χ0) is 15.2. The van der Waals surface area contributed by atoms with Gasteiger partial charge in [0.05, 0.1) is 12.8 Å². The number of halogens is 1. The Hall–Kier alpha value is -1.98. The molecular weight excluding hydrogens is 269 g/mol. The predicted molar refractivity (Wildman–Crippen MR) is 80.5 cm³/mol. The van der Waals surface area contributed by atoms with Gasteiger partial charge in [-0.05, 0) is 36.9 Å². The van der Waals surface area contributed by atoms with Crippen LogP contribution in [0.1, 0.15) is 17.3 Å². The Kier molecular flexibility index (Phi) is 5.25. The van der Waals surface area contributed by atoms with Crippen LogP contribution in [0, 0.1) is 5.82 Å². The molecule has 1 aromatic carbocycles. The molecule has 2 aromatic rings. The van der Waals surface area contributed by atoms with Crippen molar-refractivity contribution in [3.8, 4) is 5.75 Å². The van der Waals surface area contributed by atoms with Crippen molar-refractivity contribution in [2.75, 3.05) is 20.7 Å². The van der Waals surface area contributed by atoms with Crippen LogP contribution in [0.25, 0.3) is 0 Å². The highest BCUT2D eigenvalue weighted by atomic mass is 19.1. The number of hydrogen-bond acceptors (Lipinski definition) is 4. The highest BCUT2D eigenvalue weighted by Gasteiger charge is 2.12. The molecule has 0 amide bonds. The summed E-state index contributed by atoms with van der Waals surface area (Å²) in [5, 5.41) is 0. The molecule has 0 aliphatic rings. The summed E-state index contributed by atoms with van der Waals surface area (Å²) in [7, 11) is 3.41. The Morgan fingerprint density at radius 3 is 2.76 bits per heavy atom. The molecular formula is C16H20FN3O. The smallest absolute Gasteiger partial charge is 0.165 e. The summed E-state index contributed by atoms with van der Waals surface area (Å²) >= 11 is 0. The molecule has 112 valence electrons. The lowest BCUT2D eigenvalue weighted by Gasteiger charge is -2.21. The van der Waals surface area contributed by atoms with E-state index in [9.17, 15) is 4.39 Å². The van der Waals surface area contributed by atoms with Gasteiger partial charge in [0.1, 0.15) is 0 Å². The number of nitrogens with zero attached hydrogens (tertiary/aromatic N) is 2. The zero-order valence-electron chi connectivity index (χ0n) is 12.3. The number of hydrogen-bond donors (Lipinski definition) is 1. The van der Waals surface area contributed by atoms with Gasteiger partial charge in [0.2, 0.25) is 0 Å². The number of methoxy groups -OCH3 is 1. The SMILES string of the molecule is COc1ccc(C(N)CN(C)Cc2ccccn2)cc1F. The fraction of sp³-hybridized carbons (Fsp3) is 0.312. The van der Waals surface area contributed by atoms with E-state index in [-0.39, 0.29) is 11.8 Å². The first kappa shape index (κ1) is 15.4. The van der Waals surface area contributed by atoms with E-state index in [1.54, 1.807) is 18.3 Å². The van der Waals surface area contributed by atoms with Gasteiger partial charge in [-0.2, -0.15) is 0 Å². The van der Waals surface area contributed by atoms with Crippen molar-refractivity contribution < 1.29 is 9.13 Å². The standard InChI is InChI=1S/C16H20FN3O/c1-20(10-13-5-3-4-8-19-13)11-15(18)12-6-7-16(21-2)14(17)9-12/h3-9,15H,10-11,18H2,1-2H3. The number of rotatable bonds is 6. The maximum atomic E-state index is 13.7. The van der Waals surface area contributed by atoms with E-state index >= 15 is 0 Å². The molecule has 2 rings (SSSR count). The third kappa shape index (κ3) is 4.24. The topological polar surface area (TPSA) is 51.4 Å². The van der Waals surface area contributed by atoms with Crippen molar-refractivity contribution in [2.24, 2.45) is 5.73 Å². The second-order valence-electron chi connectivity index (χ2n) is 5.02. The largest absolute Gasteiger partial charge is 0.494 e. The molecule has 0 aliphatic heterocycles. The van der Waals surface area contributed by atoms with Crippen LogP contribution >= 0.6 is 0 Å². The Bertz CT molecular complexity index is 577. The molecule has 2 N–H and O–H groups in total. The molecule has 1 aromatic heterocycles. The van der Waals surface area contributed by atoms with Gasteiger partial charge >= 0.3 is 0 Å². The lowest BCUT2D eigenvalue weighted by Crippen LogP contribution is -2.29. The quantitative estimate of drug-likeness (QED) is 0.887. The Labute approximate surface area is 124 Å². The normalized spacial score (nSPS) is 12.4. The van der Waals surface area contributed by atoms with Crippen LogP contribution < -0.4 is 10.5 Å². The molecule has 5 heteroatoms. The number of ether oxygens (including phenoxy) is 1. The monoisotopic (exact) mass is 289 g/mol. The Morgan fingerprint density at radius 1 is 1.33 bits per heavy atom. The minimum atomic E-state index is -0.391. The maximum Gasteiger partial charge on any atom is 0.165 e. The summed E-state index contributed by atoms with van der Waals surface area (Å²) < 4.78 is 18.6. The average Bonchev–Trinajstić information content (AvgIpc) is 2.48. The number of benzene rings is 1. The van der Waals surface area contributed by atoms with Gasteiger partial charge in [0, 0.05) is 25.3 Å². The molecule has 0 radical (unpaired) electrons. The first-order valence-electron chi connectivity index (χ1n) is 6.77. The van der Waals surface area contributed by atoms with Crippen molar-refractivity contribution in [3.05, 3.63) is 59.7 Å². The van der Waals surface area contributed by atoms with Gasteiger partial charge in [0.25, 0.3) is 0 Å². The molecule has 0 saturated carbocycles. The van der Waals surface area contributed by atoms with Crippen molar-refractivity contribution in [1.29, 1.82) is 0 Å². The third-order valence-electron chi connectivity index (χ3n) is 3.27. The summed E-state index contributed by atoms with van der Waals surface area (Å²) in [6.07, 6.45) is 1.77. The molecule has 21 heavy (non-hydrogen) atoms. The van der Waals surface area contributed by atoms with Gasteiger partial charge in [-0.15, -0.1) is 0 Å². The van der Waals surface area contributed by atoms with Crippen LogP contribution in [0.4, 0.5) is 4.39 Å². The van der Waals surface area contributed by atoms with Gasteiger partial charge < -0.3 is 10.5 Å². The fourth-order valence-corrected chi connectivity index (χ4v) is 2.19. The third-order valence-corrected chi connectivity index (χ3v) is 3.27. The number of likely N-dealkylation sites (N-methyl/N-ethyl adjacent to an activating group) is 1. The molecule has 1 heterocycles. The van der Waals surface area contributed by atoms with E-state index in [0.29, 0.717) is 13.1 Å². The number of nitrogens with two attached hydrogens (primary N) is 1. The Balaban J connectivity index is 1.97. The van der Waals surface area contributed by atoms with E-state index in [1.165, 1.54) is 13.2 Å². The van der Waals surface area contributed by atoms with Crippen LogP contribution in [-0.2, 0) is 6.54 Å². The van der Waals surface area contributed by atoms with Gasteiger partial charge in [0.15, 0.2) is 11.6 Å². The van der Waals surface area contributed by atoms with Crippen molar-refractivity contribution in [3.63, 3.8) is 0 Å². The van der Waals surface area contributed by atoms with Crippen LogP contribution in [0.5, 0.6) is 5.75 Å². The predicted octanol–water partition coefficient (Wildman–Crippen LogP) is 2.36. The molecule has 1 unspecified atom stereocenters. The van der Waals surface area contributed by atoms with E-state index < -0.39 is 5.82 Å². The van der Waals surface area contributed by atoms with Gasteiger partial charge in [-0.25, -0.2) is 4.39 Å². The van der Waals surface area contributed by atoms with Crippen LogP contribution in [0.15, 0.2) is 42.6 Å². The molecule has 0 spiro atoms. The van der Waals surface area contributed by atoms with Crippen LogP contribution in [-0.4, -0.2) is 30.6 Å². The van der Waals surface area contributed by atoms with Crippen LogP contribution in [0.3, 0.4) is 0 Å². The summed E-state index contributed by atoms with van der Waals surface area (Å²) in [5.41, 5.74) is 7.87. The first-order chi connectivity index (χ1) is 10.1. The van der Waals surface area contributed by atoms with Crippen molar-refractivity contribution >= 4 is 0 Å². The molecule has 0 fully saturated rings. The highest BCUT2D eigenvalue weighted by molar-refractivity contribution is 5.31. The van der Waals surface area contributed by atoms with Gasteiger partial charge in [-0.3, -0.25) is 9.88 Å². The second kappa shape index (κ2) is 7.15. The lowest BCUT2D eigenvalue weighted by molar-refractivity contribution is 0.301. The number of pyridine rings is 1. The van der Waals surface area contributed by atoms with Crippen molar-refractivity contribution in [1.82, 2.24) is 9.88 Å². The minimum Gasteiger partial charge on any atom is -0.494 e. The lowest BCUT2D eigenvalue weighted by atomic mass is 10.1. The summed E-state index contributed by atoms with van der Waals surface area (Å²) in [5.74, 6) is -0.161. The van der Waals surface area contributed by atoms with E-state index in [1.807, 2.05) is 25.2 Å². The maximum absolute atomic E-state index is 13.7. The summed E-state index contributed by atoms with van der Waals surface area (Å²) in [6.45, 7) is 1.31. The summed E-state index contributed by atoms with van der Waals surface area (Å²) in [6, 6.07) is 10.4.